The molecule has 0 atom stereocenters. The van der Waals surface area contributed by atoms with E-state index in [2.05, 4.69) is 31.9 Å². The summed E-state index contributed by atoms with van der Waals surface area (Å²) in [4.78, 5) is 10.7. The SMILES string of the molecule is Cc1cc(/C=C(\Cl)C(F)(F)F)cc(Br)c1CC(=O)O.Cc1cc(Br)c2oc(C(F)(F)F)cc2c1. The average molecular weight is 637 g/mol. The highest BCUT2D eigenvalue weighted by Gasteiger charge is 2.35. The number of allylic oxidation sites excluding steroid dienone is 1. The van der Waals surface area contributed by atoms with Gasteiger partial charge >= 0.3 is 18.3 Å². The van der Waals surface area contributed by atoms with Crippen molar-refractivity contribution in [2.75, 3.05) is 0 Å². The van der Waals surface area contributed by atoms with Crippen LogP contribution in [0, 0.1) is 13.8 Å². The van der Waals surface area contributed by atoms with Crippen molar-refractivity contribution in [2.45, 2.75) is 32.6 Å². The molecule has 1 N–H and O–H groups in total. The van der Waals surface area contributed by atoms with Crippen molar-refractivity contribution in [1.82, 2.24) is 0 Å². The summed E-state index contributed by atoms with van der Waals surface area (Å²) in [7, 11) is 0. The number of aryl methyl sites for hydroxylation is 2. The quantitative estimate of drug-likeness (QED) is 0.292. The van der Waals surface area contributed by atoms with Gasteiger partial charge in [-0.25, -0.2) is 0 Å². The number of fused-ring (bicyclic) bond motifs is 1. The molecule has 1 aromatic heterocycles. The van der Waals surface area contributed by atoms with Crippen LogP contribution in [0.1, 0.15) is 28.0 Å². The third kappa shape index (κ3) is 7.51. The zero-order chi connectivity index (χ0) is 26.0. The maximum atomic E-state index is 12.3. The molecule has 12 heteroatoms. The predicted molar refractivity (Wildman–Crippen MR) is 124 cm³/mol. The second-order valence-electron chi connectivity index (χ2n) is 7.13. The van der Waals surface area contributed by atoms with Gasteiger partial charge in [-0.3, -0.25) is 4.79 Å². The summed E-state index contributed by atoms with van der Waals surface area (Å²) in [5, 5.41) is 7.96. The lowest BCUT2D eigenvalue weighted by atomic mass is 10.0. The Balaban J connectivity index is 0.000000246. The molecule has 0 bridgehead atoms. The van der Waals surface area contributed by atoms with Crippen molar-refractivity contribution in [1.29, 1.82) is 0 Å². The number of aliphatic carboxylic acids is 1. The highest BCUT2D eigenvalue weighted by atomic mass is 79.9. The molecule has 3 nitrogen and oxygen atoms in total. The molecule has 3 aromatic rings. The molecule has 34 heavy (non-hydrogen) atoms. The van der Waals surface area contributed by atoms with Gasteiger partial charge in [0.1, 0.15) is 10.6 Å². The first-order chi connectivity index (χ1) is 15.5. The van der Waals surface area contributed by atoms with E-state index in [0.29, 0.717) is 25.5 Å². The van der Waals surface area contributed by atoms with Gasteiger partial charge in [0, 0.05) is 9.86 Å². The molecular weight excluding hydrogens is 621 g/mol. The number of carboxylic acid groups (broad SMARTS) is 1. The fraction of sp³-hybridized carbons (Fsp3) is 0.227. The van der Waals surface area contributed by atoms with Crippen LogP contribution in [-0.2, 0) is 17.4 Å². The van der Waals surface area contributed by atoms with E-state index < -0.39 is 29.1 Å². The Hall–Kier alpha value is -1.98. The lowest BCUT2D eigenvalue weighted by Crippen LogP contribution is -2.07. The lowest BCUT2D eigenvalue weighted by Gasteiger charge is -2.09. The van der Waals surface area contributed by atoms with E-state index in [1.54, 1.807) is 19.1 Å². The van der Waals surface area contributed by atoms with Gasteiger partial charge in [0.25, 0.3) is 0 Å². The third-order valence-electron chi connectivity index (χ3n) is 4.33. The van der Waals surface area contributed by atoms with Crippen LogP contribution in [0.3, 0.4) is 0 Å². The molecule has 0 aliphatic heterocycles. The largest absolute Gasteiger partial charge is 0.481 e. The van der Waals surface area contributed by atoms with Crippen LogP contribution >= 0.6 is 43.5 Å². The summed E-state index contributed by atoms with van der Waals surface area (Å²) in [5.41, 5.74) is 2.46. The summed E-state index contributed by atoms with van der Waals surface area (Å²) in [5.74, 6) is -1.98. The summed E-state index contributed by atoms with van der Waals surface area (Å²) >= 11 is 11.5. The Labute approximate surface area is 211 Å². The molecule has 3 rings (SSSR count). The molecule has 184 valence electrons. The third-order valence-corrected chi connectivity index (χ3v) is 5.95. The van der Waals surface area contributed by atoms with Crippen molar-refractivity contribution in [3.63, 3.8) is 0 Å². The van der Waals surface area contributed by atoms with Gasteiger partial charge in [-0.15, -0.1) is 0 Å². The minimum Gasteiger partial charge on any atom is -0.481 e. The Morgan fingerprint density at radius 3 is 2.15 bits per heavy atom. The zero-order valence-electron chi connectivity index (χ0n) is 17.3. The summed E-state index contributed by atoms with van der Waals surface area (Å²) in [6.07, 6.45) is -8.44. The monoisotopic (exact) mass is 634 g/mol. The molecule has 0 radical (unpaired) electrons. The summed E-state index contributed by atoms with van der Waals surface area (Å²) in [6.45, 7) is 3.44. The first-order valence-corrected chi connectivity index (χ1v) is 11.2. The van der Waals surface area contributed by atoms with Gasteiger partial charge < -0.3 is 9.52 Å². The van der Waals surface area contributed by atoms with Gasteiger partial charge in [0.05, 0.1) is 10.9 Å². The van der Waals surface area contributed by atoms with E-state index in [1.165, 1.54) is 12.1 Å². The van der Waals surface area contributed by atoms with Gasteiger partial charge in [0.15, 0.2) is 0 Å². The molecule has 0 unspecified atom stereocenters. The highest BCUT2D eigenvalue weighted by Crippen LogP contribution is 2.37. The number of carbonyl (C=O) groups is 1. The van der Waals surface area contributed by atoms with Crippen molar-refractivity contribution in [3.05, 3.63) is 72.3 Å². The lowest BCUT2D eigenvalue weighted by molar-refractivity contribution is -0.152. The van der Waals surface area contributed by atoms with Crippen molar-refractivity contribution >= 4 is 66.5 Å². The van der Waals surface area contributed by atoms with Gasteiger partial charge in [-0.1, -0.05) is 33.6 Å². The van der Waals surface area contributed by atoms with Crippen LogP contribution in [0.25, 0.3) is 17.0 Å². The molecule has 2 aromatic carbocycles. The van der Waals surface area contributed by atoms with Gasteiger partial charge in [0.2, 0.25) is 5.76 Å². The highest BCUT2D eigenvalue weighted by molar-refractivity contribution is 9.11. The minimum atomic E-state index is -4.60. The van der Waals surface area contributed by atoms with E-state index in [4.69, 9.17) is 21.1 Å². The van der Waals surface area contributed by atoms with Gasteiger partial charge in [-0.2, -0.15) is 26.3 Å². The number of benzene rings is 2. The normalized spacial score (nSPS) is 12.5. The zero-order valence-corrected chi connectivity index (χ0v) is 21.3. The Morgan fingerprint density at radius 1 is 1.03 bits per heavy atom. The summed E-state index contributed by atoms with van der Waals surface area (Å²) in [6, 6.07) is 7.23. The van der Waals surface area contributed by atoms with Crippen LogP contribution < -0.4 is 0 Å². The average Bonchev–Trinajstić information content (AvgIpc) is 3.09. The Kier molecular flexibility index (Phi) is 8.93. The molecule has 0 saturated carbocycles. The van der Waals surface area contributed by atoms with Crippen LogP contribution in [0.5, 0.6) is 0 Å². The van der Waals surface area contributed by atoms with Gasteiger partial charge in [-0.05, 0) is 82.4 Å². The summed E-state index contributed by atoms with van der Waals surface area (Å²) < 4.78 is 79.7. The molecule has 0 saturated heterocycles. The fourth-order valence-electron chi connectivity index (χ4n) is 2.88. The molecule has 1 heterocycles. The Morgan fingerprint density at radius 2 is 1.65 bits per heavy atom. The number of hydrogen-bond acceptors (Lipinski definition) is 2. The number of halogens is 9. The second-order valence-corrected chi connectivity index (χ2v) is 9.25. The smallest absolute Gasteiger partial charge is 0.449 e. The van der Waals surface area contributed by atoms with E-state index in [9.17, 15) is 31.1 Å². The number of furan rings is 1. The molecule has 0 spiro atoms. The molecule has 0 amide bonds. The van der Waals surface area contributed by atoms with Crippen LogP contribution in [0.15, 0.2) is 48.7 Å². The number of rotatable bonds is 3. The molecule has 0 aliphatic rings. The van der Waals surface area contributed by atoms with Crippen molar-refractivity contribution < 1.29 is 40.7 Å². The number of hydrogen-bond donors (Lipinski definition) is 1. The van der Waals surface area contributed by atoms with Crippen LogP contribution in [-0.4, -0.2) is 17.3 Å². The predicted octanol–water partition coefficient (Wildman–Crippen LogP) is 9.05. The van der Waals surface area contributed by atoms with E-state index >= 15 is 0 Å². The standard InChI is InChI=1S/C12H9BrClF3O2.C10H6BrF3O/c1-6-2-7(4-10(14)12(15,16)17)3-9(13)8(6)5-11(18)19;1-5-2-6-4-8(10(12,13)14)15-9(6)7(11)3-5/h2-4H,5H2,1H3,(H,18,19);2-4H,1H3/b10-4-;. The second kappa shape index (κ2) is 10.7. The molecular formula is C22H15Br2ClF6O3. The van der Waals surface area contributed by atoms with Crippen LogP contribution in [0.4, 0.5) is 26.3 Å². The van der Waals surface area contributed by atoms with E-state index in [0.717, 1.165) is 17.7 Å². The first-order valence-electron chi connectivity index (χ1n) is 9.21. The topological polar surface area (TPSA) is 50.4 Å². The van der Waals surface area contributed by atoms with Crippen molar-refractivity contribution in [2.24, 2.45) is 0 Å². The molecule has 0 aliphatic carbocycles. The Bertz CT molecular complexity index is 1220. The van der Waals surface area contributed by atoms with E-state index in [1.807, 2.05) is 6.92 Å². The fourth-order valence-corrected chi connectivity index (χ4v) is 4.39. The maximum Gasteiger partial charge on any atom is 0.449 e. The van der Waals surface area contributed by atoms with E-state index in [-0.39, 0.29) is 17.6 Å². The number of alkyl halides is 6. The molecule has 0 fully saturated rings. The van der Waals surface area contributed by atoms with Crippen molar-refractivity contribution in [3.8, 4) is 0 Å². The minimum absolute atomic E-state index is 0.205. The van der Waals surface area contributed by atoms with Crippen LogP contribution in [0.2, 0.25) is 0 Å². The maximum absolute atomic E-state index is 12.3. The first kappa shape index (κ1) is 28.3. The number of carboxylic acids is 1.